The molecule has 0 aromatic heterocycles. The van der Waals surface area contributed by atoms with Gasteiger partial charge in [0.2, 0.25) is 0 Å². The number of aliphatic hydroxyl groups excluding tert-OH is 1. The molecule has 0 spiro atoms. The average molecular weight is 371 g/mol. The highest BCUT2D eigenvalue weighted by Crippen LogP contribution is 2.25. The number of carbonyl (C=O) groups is 1. The van der Waals surface area contributed by atoms with E-state index < -0.39 is 19.5 Å². The van der Waals surface area contributed by atoms with Gasteiger partial charge in [-0.2, -0.15) is 0 Å². The molecule has 0 unspecified atom stereocenters. The van der Waals surface area contributed by atoms with Gasteiger partial charge in [0.25, 0.3) is 5.69 Å². The summed E-state index contributed by atoms with van der Waals surface area (Å²) in [5, 5.41) is 20.6. The molecule has 1 aromatic rings. The molecule has 25 heavy (non-hydrogen) atoms. The molecule has 0 atom stereocenters. The first-order chi connectivity index (χ1) is 11.9. The Morgan fingerprint density at radius 1 is 1.32 bits per heavy atom. The minimum Gasteiger partial charge on any atom is -0.461 e. The van der Waals surface area contributed by atoms with Gasteiger partial charge < -0.3 is 18.7 Å². The first-order valence-corrected chi connectivity index (χ1v) is 10.3. The van der Waals surface area contributed by atoms with Gasteiger partial charge in [-0.25, -0.2) is 0 Å². The number of nitrogens with zero attached hydrogens (tertiary/aromatic N) is 1. The molecule has 0 aliphatic rings. The molecule has 1 N–H and O–H groups in total. The number of nitro groups is 1. The highest BCUT2D eigenvalue weighted by Gasteiger charge is 2.35. The molecule has 0 saturated carbocycles. The molecule has 0 aliphatic heterocycles. The Hall–Kier alpha value is -1.81. The van der Waals surface area contributed by atoms with Crippen LogP contribution in [0.2, 0.25) is 6.04 Å². The standard InChI is InChI=1S/C16H25NO7Si/c1-4-6-13-7-5-8-15(17(20)21)14(13)11-24-16(19)9-10-25(12-18,22-2)23-3/h5,7-8,18H,4,6,9-12H2,1-3H3. The molecular weight excluding hydrogens is 346 g/mol. The molecule has 0 amide bonds. The van der Waals surface area contributed by atoms with E-state index in [0.717, 1.165) is 12.0 Å². The molecule has 1 aromatic carbocycles. The van der Waals surface area contributed by atoms with Gasteiger partial charge in [-0.1, -0.05) is 25.5 Å². The van der Waals surface area contributed by atoms with Crippen LogP contribution in [0.3, 0.4) is 0 Å². The van der Waals surface area contributed by atoms with Crippen LogP contribution >= 0.6 is 0 Å². The number of hydrogen-bond donors (Lipinski definition) is 1. The monoisotopic (exact) mass is 371 g/mol. The molecular formula is C16H25NO7Si. The van der Waals surface area contributed by atoms with Crippen LogP contribution in [0.1, 0.15) is 30.9 Å². The van der Waals surface area contributed by atoms with Crippen LogP contribution in [0.15, 0.2) is 18.2 Å². The zero-order chi connectivity index (χ0) is 18.9. The van der Waals surface area contributed by atoms with E-state index in [0.29, 0.717) is 12.0 Å². The van der Waals surface area contributed by atoms with Gasteiger partial charge in [0.15, 0.2) is 0 Å². The topological polar surface area (TPSA) is 108 Å². The molecule has 0 heterocycles. The maximum absolute atomic E-state index is 12.0. The minimum atomic E-state index is -2.79. The molecule has 0 fully saturated rings. The van der Waals surface area contributed by atoms with E-state index in [9.17, 15) is 20.0 Å². The van der Waals surface area contributed by atoms with E-state index >= 15 is 0 Å². The summed E-state index contributed by atoms with van der Waals surface area (Å²) >= 11 is 0. The Kier molecular flexibility index (Phi) is 8.70. The van der Waals surface area contributed by atoms with Gasteiger partial charge in [0, 0.05) is 32.8 Å². The second-order valence-corrected chi connectivity index (χ2v) is 9.01. The van der Waals surface area contributed by atoms with Crippen molar-refractivity contribution in [1.29, 1.82) is 0 Å². The highest BCUT2D eigenvalue weighted by molar-refractivity contribution is 6.67. The van der Waals surface area contributed by atoms with E-state index in [1.54, 1.807) is 12.1 Å². The van der Waals surface area contributed by atoms with Crippen molar-refractivity contribution in [3.8, 4) is 0 Å². The Balaban J connectivity index is 2.77. The second kappa shape index (κ2) is 10.2. The summed E-state index contributed by atoms with van der Waals surface area (Å²) in [6.45, 7) is 1.82. The van der Waals surface area contributed by atoms with E-state index in [-0.39, 0.29) is 31.0 Å². The van der Waals surface area contributed by atoms with Gasteiger partial charge in [0.05, 0.1) is 16.7 Å². The normalized spacial score (nSPS) is 11.4. The zero-order valence-corrected chi connectivity index (χ0v) is 15.8. The molecule has 0 bridgehead atoms. The minimum absolute atomic E-state index is 0.0121. The van der Waals surface area contributed by atoms with Crippen LogP contribution in [0.4, 0.5) is 5.69 Å². The molecule has 140 valence electrons. The molecule has 0 radical (unpaired) electrons. The van der Waals surface area contributed by atoms with Gasteiger partial charge >= 0.3 is 14.5 Å². The summed E-state index contributed by atoms with van der Waals surface area (Å²) in [6.07, 6.45) is 1.24. The van der Waals surface area contributed by atoms with Crippen molar-refractivity contribution in [2.45, 2.75) is 38.8 Å². The predicted molar refractivity (Wildman–Crippen MR) is 93.2 cm³/mol. The SMILES string of the molecule is CCCc1cccc([N+](=O)[O-])c1COC(=O)CC[Si](CO)(OC)OC. The first-order valence-electron chi connectivity index (χ1n) is 8.05. The van der Waals surface area contributed by atoms with E-state index in [2.05, 4.69) is 0 Å². The average Bonchev–Trinajstić information content (AvgIpc) is 2.62. The summed E-state index contributed by atoms with van der Waals surface area (Å²) in [4.78, 5) is 22.7. The highest BCUT2D eigenvalue weighted by atomic mass is 28.4. The third-order valence-electron chi connectivity index (χ3n) is 4.04. The van der Waals surface area contributed by atoms with Crippen molar-refractivity contribution >= 4 is 20.2 Å². The van der Waals surface area contributed by atoms with Crippen LogP contribution < -0.4 is 0 Å². The van der Waals surface area contributed by atoms with Crippen LogP contribution in [0.5, 0.6) is 0 Å². The van der Waals surface area contributed by atoms with Crippen LogP contribution in [0.25, 0.3) is 0 Å². The van der Waals surface area contributed by atoms with Crippen molar-refractivity contribution in [1.82, 2.24) is 0 Å². The summed E-state index contributed by atoms with van der Waals surface area (Å²) in [5.74, 6) is -0.514. The van der Waals surface area contributed by atoms with Crippen molar-refractivity contribution in [3.05, 3.63) is 39.4 Å². The van der Waals surface area contributed by atoms with Crippen molar-refractivity contribution in [2.24, 2.45) is 0 Å². The number of ether oxygens (including phenoxy) is 1. The van der Waals surface area contributed by atoms with Crippen molar-refractivity contribution < 1.29 is 28.4 Å². The quantitative estimate of drug-likeness (QED) is 0.275. The van der Waals surface area contributed by atoms with Gasteiger partial charge in [-0.05, 0) is 12.0 Å². The van der Waals surface area contributed by atoms with E-state index in [1.165, 1.54) is 20.3 Å². The van der Waals surface area contributed by atoms with Crippen LogP contribution in [-0.2, 0) is 31.4 Å². The van der Waals surface area contributed by atoms with Crippen molar-refractivity contribution in [3.63, 3.8) is 0 Å². The van der Waals surface area contributed by atoms with E-state index in [4.69, 9.17) is 13.6 Å². The lowest BCUT2D eigenvalue weighted by molar-refractivity contribution is -0.385. The number of aliphatic hydroxyl groups is 1. The fraction of sp³-hybridized carbons (Fsp3) is 0.562. The second-order valence-electron chi connectivity index (χ2n) is 5.56. The number of aryl methyl sites for hydroxylation is 1. The lowest BCUT2D eigenvalue weighted by Gasteiger charge is -2.24. The molecule has 0 saturated heterocycles. The summed E-state index contributed by atoms with van der Waals surface area (Å²) in [5.41, 5.74) is 1.18. The van der Waals surface area contributed by atoms with Crippen LogP contribution in [-0.4, -0.2) is 45.0 Å². The summed E-state index contributed by atoms with van der Waals surface area (Å²) in [6, 6.07) is 5.09. The van der Waals surface area contributed by atoms with Crippen molar-refractivity contribution in [2.75, 3.05) is 20.4 Å². The summed E-state index contributed by atoms with van der Waals surface area (Å²) < 4.78 is 15.7. The van der Waals surface area contributed by atoms with Crippen LogP contribution in [0, 0.1) is 10.1 Å². The Bertz CT molecular complexity index is 582. The number of benzene rings is 1. The maximum Gasteiger partial charge on any atom is 0.364 e. The fourth-order valence-corrected chi connectivity index (χ4v) is 4.05. The third kappa shape index (κ3) is 5.89. The van der Waals surface area contributed by atoms with E-state index in [1.807, 2.05) is 6.92 Å². The predicted octanol–water partition coefficient (Wildman–Crippen LogP) is 2.25. The number of hydrogen-bond acceptors (Lipinski definition) is 7. The first kappa shape index (κ1) is 21.2. The lowest BCUT2D eigenvalue weighted by Crippen LogP contribution is -2.45. The number of nitro benzene ring substituents is 1. The number of esters is 1. The molecule has 1 rings (SSSR count). The molecule has 9 heteroatoms. The smallest absolute Gasteiger partial charge is 0.364 e. The largest absolute Gasteiger partial charge is 0.461 e. The summed E-state index contributed by atoms with van der Waals surface area (Å²) in [7, 11) is 0.0700. The zero-order valence-electron chi connectivity index (χ0n) is 14.8. The molecule has 8 nitrogen and oxygen atoms in total. The fourth-order valence-electron chi connectivity index (χ4n) is 2.48. The number of carbonyl (C=O) groups excluding carboxylic acids is 1. The third-order valence-corrected chi connectivity index (χ3v) is 7.02. The van der Waals surface area contributed by atoms with Gasteiger partial charge in [-0.15, -0.1) is 0 Å². The maximum atomic E-state index is 12.0. The molecule has 0 aliphatic carbocycles. The Labute approximate surface area is 148 Å². The lowest BCUT2D eigenvalue weighted by atomic mass is 10.0. The van der Waals surface area contributed by atoms with Gasteiger partial charge in [-0.3, -0.25) is 14.9 Å². The Morgan fingerprint density at radius 2 is 2.00 bits per heavy atom. The Morgan fingerprint density at radius 3 is 2.52 bits per heavy atom. The van der Waals surface area contributed by atoms with Gasteiger partial charge in [0.1, 0.15) is 6.61 Å². The number of rotatable bonds is 11.